The molecule has 0 bridgehead atoms. The third kappa shape index (κ3) is 4.19. The van der Waals surface area contributed by atoms with E-state index >= 15 is 0 Å². The molecule has 2 aliphatic heterocycles. The van der Waals surface area contributed by atoms with E-state index in [-0.39, 0.29) is 11.8 Å². The summed E-state index contributed by atoms with van der Waals surface area (Å²) in [7, 11) is -2.86. The molecule has 0 amide bonds. The highest BCUT2D eigenvalue weighted by atomic mass is 32.2. The molecule has 2 aliphatic rings. The van der Waals surface area contributed by atoms with Gasteiger partial charge in [-0.15, -0.1) is 0 Å². The third-order valence-corrected chi connectivity index (χ3v) is 6.25. The minimum Gasteiger partial charge on any atom is -0.378 e. The summed E-state index contributed by atoms with van der Waals surface area (Å²) in [5.74, 6) is 1.32. The van der Waals surface area contributed by atoms with Crippen LogP contribution in [-0.2, 0) is 21.1 Å². The summed E-state index contributed by atoms with van der Waals surface area (Å²) in [4.78, 5) is 13.2. The van der Waals surface area contributed by atoms with Crippen molar-refractivity contribution in [2.75, 3.05) is 49.3 Å². The molecule has 2 saturated heterocycles. The second-order valence-corrected chi connectivity index (χ2v) is 8.34. The Morgan fingerprint density at radius 1 is 1.30 bits per heavy atom. The zero-order chi connectivity index (χ0) is 16.3. The Morgan fingerprint density at radius 3 is 2.57 bits per heavy atom. The quantitative estimate of drug-likeness (QED) is 0.764. The van der Waals surface area contributed by atoms with Crippen LogP contribution in [0.1, 0.15) is 18.9 Å². The second-order valence-electron chi connectivity index (χ2n) is 6.11. The lowest BCUT2D eigenvalue weighted by Crippen LogP contribution is -2.37. The zero-order valence-electron chi connectivity index (χ0n) is 13.5. The molecule has 3 heterocycles. The number of rotatable bonds is 5. The Bertz CT molecular complexity index is 614. The van der Waals surface area contributed by atoms with Gasteiger partial charge in [-0.2, -0.15) is 0 Å². The summed E-state index contributed by atoms with van der Waals surface area (Å²) in [5.41, 5.74) is 1.02. The van der Waals surface area contributed by atoms with Crippen LogP contribution in [0.15, 0.2) is 12.4 Å². The van der Waals surface area contributed by atoms with Crippen molar-refractivity contribution in [3.05, 3.63) is 18.0 Å². The number of ether oxygens (including phenoxy) is 1. The fraction of sp³-hybridized carbons (Fsp3) is 0.733. The molecule has 0 aromatic carbocycles. The predicted octanol–water partition coefficient (Wildman–Crippen LogP) is 0.322. The van der Waals surface area contributed by atoms with E-state index in [1.807, 2.05) is 12.4 Å². The zero-order valence-corrected chi connectivity index (χ0v) is 14.3. The molecule has 128 valence electrons. The number of morpholine rings is 1. The molecule has 3 rings (SSSR count). The summed E-state index contributed by atoms with van der Waals surface area (Å²) in [5, 5.41) is 0. The van der Waals surface area contributed by atoms with Crippen molar-refractivity contribution < 1.29 is 13.2 Å². The molecule has 1 aromatic heterocycles. The van der Waals surface area contributed by atoms with Crippen LogP contribution in [0.2, 0.25) is 0 Å². The van der Waals surface area contributed by atoms with Gasteiger partial charge in [0.05, 0.1) is 24.7 Å². The van der Waals surface area contributed by atoms with Crippen LogP contribution in [0.3, 0.4) is 0 Å². The number of nitrogens with zero attached hydrogens (tertiary/aromatic N) is 4. The van der Waals surface area contributed by atoms with Crippen molar-refractivity contribution in [3.8, 4) is 0 Å². The van der Waals surface area contributed by atoms with Gasteiger partial charge >= 0.3 is 0 Å². The minimum atomic E-state index is -2.86. The van der Waals surface area contributed by atoms with Crippen LogP contribution in [0.4, 0.5) is 5.95 Å². The van der Waals surface area contributed by atoms with E-state index in [9.17, 15) is 8.42 Å². The van der Waals surface area contributed by atoms with Gasteiger partial charge in [0, 0.05) is 43.6 Å². The van der Waals surface area contributed by atoms with Gasteiger partial charge < -0.3 is 9.64 Å². The van der Waals surface area contributed by atoms with Crippen molar-refractivity contribution in [2.45, 2.75) is 25.9 Å². The molecule has 1 atom stereocenters. The molecule has 1 aromatic rings. The van der Waals surface area contributed by atoms with Gasteiger partial charge in [-0.25, -0.2) is 18.4 Å². The van der Waals surface area contributed by atoms with Gasteiger partial charge in [0.1, 0.15) is 0 Å². The summed E-state index contributed by atoms with van der Waals surface area (Å²) in [6, 6.07) is 0.115. The van der Waals surface area contributed by atoms with Gasteiger partial charge in [-0.1, -0.05) is 6.92 Å². The summed E-state index contributed by atoms with van der Waals surface area (Å²) in [6.07, 6.45) is 4.43. The first-order valence-corrected chi connectivity index (χ1v) is 9.97. The molecule has 0 aliphatic carbocycles. The molecule has 0 saturated carbocycles. The maximum absolute atomic E-state index is 11.7. The number of aromatic nitrogens is 2. The smallest absolute Gasteiger partial charge is 0.225 e. The molecule has 2 fully saturated rings. The highest BCUT2D eigenvalue weighted by Crippen LogP contribution is 2.20. The summed E-state index contributed by atoms with van der Waals surface area (Å²) >= 11 is 0. The van der Waals surface area contributed by atoms with Crippen molar-refractivity contribution in [2.24, 2.45) is 0 Å². The lowest BCUT2D eigenvalue weighted by atomic mass is 10.2. The number of hydrogen-bond donors (Lipinski definition) is 0. The highest BCUT2D eigenvalue weighted by molar-refractivity contribution is 7.91. The summed E-state index contributed by atoms with van der Waals surface area (Å²) < 4.78 is 28.7. The van der Waals surface area contributed by atoms with Gasteiger partial charge in [-0.05, 0) is 13.0 Å². The molecule has 23 heavy (non-hydrogen) atoms. The summed E-state index contributed by atoms with van der Waals surface area (Å²) in [6.45, 7) is 6.65. The Labute approximate surface area is 137 Å². The molecule has 0 radical (unpaired) electrons. The fourth-order valence-corrected chi connectivity index (χ4v) is 4.91. The lowest BCUT2D eigenvalue weighted by Gasteiger charge is -2.28. The standard InChI is InChI=1S/C15H24N4O3S/c1-2-18(14-3-8-23(20,21)12-14)11-13-9-16-15(17-10-13)19-4-6-22-7-5-19/h9-10,14H,2-8,11-12H2,1H3/t14-/m1/s1. The van der Waals surface area contributed by atoms with E-state index in [0.29, 0.717) is 25.5 Å². The topological polar surface area (TPSA) is 75.6 Å². The van der Waals surface area contributed by atoms with Crippen molar-refractivity contribution >= 4 is 15.8 Å². The molecule has 8 heteroatoms. The van der Waals surface area contributed by atoms with E-state index in [1.54, 1.807) is 0 Å². The van der Waals surface area contributed by atoms with Crippen molar-refractivity contribution in [3.63, 3.8) is 0 Å². The van der Waals surface area contributed by atoms with Gasteiger partial charge in [0.25, 0.3) is 0 Å². The Morgan fingerprint density at radius 2 is 2.00 bits per heavy atom. The van der Waals surface area contributed by atoms with E-state index < -0.39 is 9.84 Å². The molecule has 0 N–H and O–H groups in total. The number of sulfone groups is 1. The number of hydrogen-bond acceptors (Lipinski definition) is 7. The van der Waals surface area contributed by atoms with E-state index in [1.165, 1.54) is 0 Å². The maximum Gasteiger partial charge on any atom is 0.225 e. The largest absolute Gasteiger partial charge is 0.378 e. The van der Waals surface area contributed by atoms with Crippen LogP contribution in [0.25, 0.3) is 0 Å². The molecule has 0 unspecified atom stereocenters. The van der Waals surface area contributed by atoms with Gasteiger partial charge in [0.15, 0.2) is 9.84 Å². The Kier molecular flexibility index (Phi) is 5.13. The second kappa shape index (κ2) is 7.11. The van der Waals surface area contributed by atoms with Crippen molar-refractivity contribution in [1.82, 2.24) is 14.9 Å². The van der Waals surface area contributed by atoms with E-state index in [0.717, 1.165) is 37.6 Å². The average Bonchev–Trinajstić information content (AvgIpc) is 2.94. The van der Waals surface area contributed by atoms with Crippen LogP contribution >= 0.6 is 0 Å². The van der Waals surface area contributed by atoms with Gasteiger partial charge in [0.2, 0.25) is 5.95 Å². The van der Waals surface area contributed by atoms with Crippen LogP contribution in [0, 0.1) is 0 Å². The Balaban J connectivity index is 1.62. The predicted molar refractivity (Wildman–Crippen MR) is 88.2 cm³/mol. The molecule has 0 spiro atoms. The maximum atomic E-state index is 11.7. The van der Waals surface area contributed by atoms with Gasteiger partial charge in [-0.3, -0.25) is 4.90 Å². The minimum absolute atomic E-state index is 0.115. The average molecular weight is 340 g/mol. The normalized spacial score (nSPS) is 24.3. The first-order chi connectivity index (χ1) is 11.1. The molecular weight excluding hydrogens is 316 g/mol. The Hall–Kier alpha value is -1.25. The molecular formula is C15H24N4O3S. The monoisotopic (exact) mass is 340 g/mol. The van der Waals surface area contributed by atoms with E-state index in [4.69, 9.17) is 4.74 Å². The number of anilines is 1. The van der Waals surface area contributed by atoms with Crippen LogP contribution in [-0.4, -0.2) is 73.7 Å². The van der Waals surface area contributed by atoms with Crippen LogP contribution in [0.5, 0.6) is 0 Å². The SMILES string of the molecule is CCN(Cc1cnc(N2CCOCC2)nc1)[C@@H]1CCS(=O)(=O)C1. The highest BCUT2D eigenvalue weighted by Gasteiger charge is 2.31. The van der Waals surface area contributed by atoms with Crippen molar-refractivity contribution in [1.29, 1.82) is 0 Å². The third-order valence-electron chi connectivity index (χ3n) is 4.50. The fourth-order valence-electron chi connectivity index (χ4n) is 3.15. The first-order valence-electron chi connectivity index (χ1n) is 8.15. The van der Waals surface area contributed by atoms with E-state index in [2.05, 4.69) is 26.7 Å². The lowest BCUT2D eigenvalue weighted by molar-refractivity contribution is 0.122. The molecule has 7 nitrogen and oxygen atoms in total. The van der Waals surface area contributed by atoms with Crippen LogP contribution < -0.4 is 4.90 Å². The first kappa shape index (κ1) is 16.6.